The van der Waals surface area contributed by atoms with Crippen molar-refractivity contribution in [2.45, 2.75) is 0 Å². The van der Waals surface area contributed by atoms with E-state index in [1.165, 1.54) is 39.7 Å². The summed E-state index contributed by atoms with van der Waals surface area (Å²) in [6, 6.07) is 9.33. The van der Waals surface area contributed by atoms with Crippen LogP contribution in [0, 0.1) is 10.1 Å². The molecule has 0 aromatic heterocycles. The number of ether oxygens (including phenoxy) is 3. The number of benzene rings is 2. The highest BCUT2D eigenvalue weighted by molar-refractivity contribution is 5.95. The van der Waals surface area contributed by atoms with E-state index in [0.29, 0.717) is 16.9 Å². The fourth-order valence-corrected chi connectivity index (χ4v) is 2.17. The lowest BCUT2D eigenvalue weighted by molar-refractivity contribution is -0.385. The average molecular weight is 359 g/mol. The SMILES string of the molecule is COc1cccc(C(=O)N/N=C/c2cc(OC)c(OC)c([N+](=O)[O-])c2)c1. The molecular formula is C17H17N3O6. The van der Waals surface area contributed by atoms with E-state index in [1.807, 2.05) is 0 Å². The van der Waals surface area contributed by atoms with Crippen molar-refractivity contribution < 1.29 is 23.9 Å². The number of rotatable bonds is 7. The quantitative estimate of drug-likeness (QED) is 0.461. The van der Waals surface area contributed by atoms with Crippen molar-refractivity contribution in [3.8, 4) is 17.2 Å². The van der Waals surface area contributed by atoms with Gasteiger partial charge in [-0.05, 0) is 24.3 Å². The van der Waals surface area contributed by atoms with Gasteiger partial charge in [-0.1, -0.05) is 6.07 Å². The van der Waals surface area contributed by atoms with Gasteiger partial charge in [-0.15, -0.1) is 0 Å². The van der Waals surface area contributed by atoms with Gasteiger partial charge in [-0.25, -0.2) is 5.43 Å². The monoisotopic (exact) mass is 359 g/mol. The van der Waals surface area contributed by atoms with Gasteiger partial charge in [-0.3, -0.25) is 14.9 Å². The third-order valence-corrected chi connectivity index (χ3v) is 3.39. The number of amides is 1. The van der Waals surface area contributed by atoms with Crippen LogP contribution in [0.2, 0.25) is 0 Å². The number of nitrogens with zero attached hydrogens (tertiary/aromatic N) is 2. The van der Waals surface area contributed by atoms with Crippen LogP contribution in [0.5, 0.6) is 17.2 Å². The van der Waals surface area contributed by atoms with Gasteiger partial charge in [-0.2, -0.15) is 5.10 Å². The molecule has 0 aliphatic heterocycles. The summed E-state index contributed by atoms with van der Waals surface area (Å²) < 4.78 is 15.2. The van der Waals surface area contributed by atoms with Gasteiger partial charge in [0.25, 0.3) is 5.91 Å². The summed E-state index contributed by atoms with van der Waals surface area (Å²) >= 11 is 0. The van der Waals surface area contributed by atoms with Crippen molar-refractivity contribution in [2.75, 3.05) is 21.3 Å². The molecule has 2 aromatic carbocycles. The fourth-order valence-electron chi connectivity index (χ4n) is 2.17. The lowest BCUT2D eigenvalue weighted by atomic mass is 10.2. The normalized spacial score (nSPS) is 10.4. The first-order chi connectivity index (χ1) is 12.5. The second-order valence-electron chi connectivity index (χ2n) is 4.96. The smallest absolute Gasteiger partial charge is 0.315 e. The molecule has 1 N–H and O–H groups in total. The highest BCUT2D eigenvalue weighted by atomic mass is 16.6. The van der Waals surface area contributed by atoms with Crippen LogP contribution in [0.25, 0.3) is 0 Å². The van der Waals surface area contributed by atoms with Gasteiger partial charge in [0.05, 0.1) is 32.5 Å². The van der Waals surface area contributed by atoms with Gasteiger partial charge >= 0.3 is 5.69 Å². The van der Waals surface area contributed by atoms with Crippen molar-refractivity contribution in [3.05, 3.63) is 57.6 Å². The first-order valence-corrected chi connectivity index (χ1v) is 7.38. The number of nitro benzene ring substituents is 1. The number of carbonyl (C=O) groups excluding carboxylic acids is 1. The first-order valence-electron chi connectivity index (χ1n) is 7.38. The molecule has 0 heterocycles. The molecule has 2 aromatic rings. The Bertz CT molecular complexity index is 850. The van der Waals surface area contributed by atoms with E-state index in [0.717, 1.165) is 0 Å². The van der Waals surface area contributed by atoms with E-state index in [2.05, 4.69) is 10.5 Å². The molecular weight excluding hydrogens is 342 g/mol. The molecule has 0 saturated carbocycles. The Kier molecular flexibility index (Phi) is 6.10. The van der Waals surface area contributed by atoms with E-state index in [-0.39, 0.29) is 17.2 Å². The minimum atomic E-state index is -0.590. The van der Waals surface area contributed by atoms with E-state index in [1.54, 1.807) is 24.3 Å². The summed E-state index contributed by atoms with van der Waals surface area (Å²) in [7, 11) is 4.18. The van der Waals surface area contributed by atoms with Gasteiger partial charge in [0.1, 0.15) is 5.75 Å². The molecule has 136 valence electrons. The Morgan fingerprint density at radius 1 is 1.15 bits per heavy atom. The molecule has 0 aliphatic carbocycles. The maximum Gasteiger partial charge on any atom is 0.315 e. The third-order valence-electron chi connectivity index (χ3n) is 3.39. The van der Waals surface area contributed by atoms with Crippen molar-refractivity contribution in [2.24, 2.45) is 5.10 Å². The molecule has 2 rings (SSSR count). The molecule has 0 aliphatic rings. The maximum atomic E-state index is 12.1. The van der Waals surface area contributed by atoms with E-state index in [4.69, 9.17) is 14.2 Å². The number of hydrazone groups is 1. The van der Waals surface area contributed by atoms with Crippen molar-refractivity contribution in [1.29, 1.82) is 0 Å². The Morgan fingerprint density at radius 3 is 2.54 bits per heavy atom. The Morgan fingerprint density at radius 2 is 1.92 bits per heavy atom. The summed E-state index contributed by atoms with van der Waals surface area (Å²) in [6.07, 6.45) is 1.27. The standard InChI is InChI=1S/C17H17N3O6/c1-24-13-6-4-5-12(9-13)17(21)19-18-10-11-7-14(20(22)23)16(26-3)15(8-11)25-2/h4-10H,1-3H3,(H,19,21)/b18-10+. The average Bonchev–Trinajstić information content (AvgIpc) is 2.66. The number of hydrogen-bond donors (Lipinski definition) is 1. The zero-order valence-corrected chi connectivity index (χ0v) is 14.4. The lowest BCUT2D eigenvalue weighted by Crippen LogP contribution is -2.17. The number of carbonyl (C=O) groups is 1. The minimum absolute atomic E-state index is 0.00932. The van der Waals surface area contributed by atoms with Gasteiger partial charge in [0, 0.05) is 17.2 Å². The summed E-state index contributed by atoms with van der Waals surface area (Å²) in [5.74, 6) is 0.282. The Balaban J connectivity index is 2.20. The summed E-state index contributed by atoms with van der Waals surface area (Å²) in [5.41, 5.74) is 2.80. The molecule has 0 radical (unpaired) electrons. The molecule has 9 heteroatoms. The summed E-state index contributed by atoms with van der Waals surface area (Å²) in [4.78, 5) is 22.7. The van der Waals surface area contributed by atoms with E-state index < -0.39 is 10.8 Å². The second-order valence-corrected chi connectivity index (χ2v) is 4.96. The molecule has 1 amide bonds. The third kappa shape index (κ3) is 4.26. The molecule has 26 heavy (non-hydrogen) atoms. The van der Waals surface area contributed by atoms with Crippen LogP contribution in [-0.2, 0) is 0 Å². The summed E-state index contributed by atoms with van der Waals surface area (Å²) in [6.45, 7) is 0. The maximum absolute atomic E-state index is 12.1. The molecule has 0 fully saturated rings. The predicted octanol–water partition coefficient (Wildman–Crippen LogP) is 2.38. The second kappa shape index (κ2) is 8.47. The van der Waals surface area contributed by atoms with Crippen LogP contribution in [0.4, 0.5) is 5.69 Å². The minimum Gasteiger partial charge on any atom is -0.497 e. The highest BCUT2D eigenvalue weighted by Crippen LogP contribution is 2.37. The predicted molar refractivity (Wildman–Crippen MR) is 94.3 cm³/mol. The molecule has 0 atom stereocenters. The van der Waals surface area contributed by atoms with Crippen molar-refractivity contribution in [1.82, 2.24) is 5.43 Å². The van der Waals surface area contributed by atoms with Gasteiger partial charge in [0.2, 0.25) is 5.75 Å². The Labute approximate surface area is 149 Å². The molecule has 0 saturated heterocycles. The van der Waals surface area contributed by atoms with Gasteiger partial charge in [0.15, 0.2) is 5.75 Å². The van der Waals surface area contributed by atoms with Crippen LogP contribution >= 0.6 is 0 Å². The van der Waals surface area contributed by atoms with Crippen LogP contribution < -0.4 is 19.6 Å². The van der Waals surface area contributed by atoms with Crippen LogP contribution in [0.3, 0.4) is 0 Å². The van der Waals surface area contributed by atoms with Crippen LogP contribution in [-0.4, -0.2) is 38.4 Å². The number of methoxy groups -OCH3 is 3. The number of nitro groups is 1. The zero-order valence-electron chi connectivity index (χ0n) is 14.4. The fraction of sp³-hybridized carbons (Fsp3) is 0.176. The highest BCUT2D eigenvalue weighted by Gasteiger charge is 2.21. The molecule has 9 nitrogen and oxygen atoms in total. The number of hydrogen-bond acceptors (Lipinski definition) is 7. The molecule has 0 unspecified atom stereocenters. The van der Waals surface area contributed by atoms with Crippen LogP contribution in [0.15, 0.2) is 41.5 Å². The summed E-state index contributed by atoms with van der Waals surface area (Å²) in [5, 5.41) is 15.0. The van der Waals surface area contributed by atoms with Gasteiger partial charge < -0.3 is 14.2 Å². The van der Waals surface area contributed by atoms with Crippen molar-refractivity contribution >= 4 is 17.8 Å². The van der Waals surface area contributed by atoms with E-state index >= 15 is 0 Å². The largest absolute Gasteiger partial charge is 0.497 e. The zero-order chi connectivity index (χ0) is 19.1. The van der Waals surface area contributed by atoms with E-state index in [9.17, 15) is 14.9 Å². The topological polar surface area (TPSA) is 112 Å². The molecule has 0 bridgehead atoms. The first kappa shape index (κ1) is 18.7. The van der Waals surface area contributed by atoms with Crippen LogP contribution in [0.1, 0.15) is 15.9 Å². The molecule has 0 spiro atoms. The Hall–Kier alpha value is -3.62. The van der Waals surface area contributed by atoms with Crippen molar-refractivity contribution in [3.63, 3.8) is 0 Å². The lowest BCUT2D eigenvalue weighted by Gasteiger charge is -2.08. The number of nitrogens with one attached hydrogen (secondary N) is 1.